The summed E-state index contributed by atoms with van der Waals surface area (Å²) < 4.78 is 18.4. The number of para-hydroxylation sites is 1. The Kier molecular flexibility index (Phi) is 9.80. The van der Waals surface area contributed by atoms with Crippen LogP contribution in [0.5, 0.6) is 0 Å². The average Bonchev–Trinajstić information content (AvgIpc) is 3.15. The Bertz CT molecular complexity index is 1180. The van der Waals surface area contributed by atoms with Crippen molar-refractivity contribution in [1.82, 2.24) is 9.47 Å². The maximum atomic E-state index is 13.2. The molecule has 0 bridgehead atoms. The molecule has 0 aliphatic carbocycles. The molecule has 9 heteroatoms. The standard InChI is InChI=1S/C30H43N3O6/c1-29(2,3)38-27(35)31-19-22(18-23-20-32(7)25-11-9-8-10-24(23)25)26(34)37-17-14-21-12-15-33(16-13-21)28(36)39-30(4,5)6/h8-11,19-22H,12-18H2,1-7H3. The van der Waals surface area contributed by atoms with Crippen molar-refractivity contribution in [2.45, 2.75) is 78.4 Å². The van der Waals surface area contributed by atoms with Crippen LogP contribution in [0.3, 0.4) is 0 Å². The lowest BCUT2D eigenvalue weighted by Gasteiger charge is -2.33. The summed E-state index contributed by atoms with van der Waals surface area (Å²) in [5.41, 5.74) is 0.831. The monoisotopic (exact) mass is 541 g/mol. The van der Waals surface area contributed by atoms with E-state index >= 15 is 0 Å². The lowest BCUT2D eigenvalue weighted by atomic mass is 9.94. The Hall–Kier alpha value is -3.36. The number of nitrogens with zero attached hydrogens (tertiary/aromatic N) is 3. The quantitative estimate of drug-likeness (QED) is 0.245. The third kappa shape index (κ3) is 9.41. The lowest BCUT2D eigenvalue weighted by molar-refractivity contribution is -0.146. The number of amides is 2. The lowest BCUT2D eigenvalue weighted by Crippen LogP contribution is -2.41. The maximum Gasteiger partial charge on any atom is 0.433 e. The van der Waals surface area contributed by atoms with E-state index in [9.17, 15) is 14.4 Å². The fraction of sp³-hybridized carbons (Fsp3) is 0.600. The maximum absolute atomic E-state index is 13.2. The number of aliphatic imine (C=N–C) groups is 1. The van der Waals surface area contributed by atoms with E-state index in [0.29, 0.717) is 31.8 Å². The molecule has 0 saturated carbocycles. The van der Waals surface area contributed by atoms with Crippen LogP contribution in [0.15, 0.2) is 35.5 Å². The number of benzene rings is 1. The molecule has 1 aromatic carbocycles. The molecule has 2 aromatic rings. The van der Waals surface area contributed by atoms with Crippen molar-refractivity contribution in [1.29, 1.82) is 0 Å². The molecule has 1 aliphatic rings. The van der Waals surface area contributed by atoms with Gasteiger partial charge in [0.25, 0.3) is 0 Å². The molecule has 1 aromatic heterocycles. The van der Waals surface area contributed by atoms with Crippen molar-refractivity contribution < 1.29 is 28.6 Å². The van der Waals surface area contributed by atoms with Crippen molar-refractivity contribution in [3.05, 3.63) is 36.0 Å². The molecule has 1 fully saturated rings. The number of fused-ring (bicyclic) bond motifs is 1. The summed E-state index contributed by atoms with van der Waals surface area (Å²) >= 11 is 0. The van der Waals surface area contributed by atoms with Gasteiger partial charge in [-0.25, -0.2) is 9.59 Å². The second kappa shape index (κ2) is 12.7. The number of carbonyl (C=O) groups is 3. The first-order valence-corrected chi connectivity index (χ1v) is 13.7. The van der Waals surface area contributed by atoms with Crippen molar-refractivity contribution in [2.75, 3.05) is 19.7 Å². The Morgan fingerprint density at radius 3 is 2.31 bits per heavy atom. The van der Waals surface area contributed by atoms with Gasteiger partial charge in [-0.15, -0.1) is 0 Å². The summed E-state index contributed by atoms with van der Waals surface area (Å²) in [5, 5.41) is 1.04. The number of hydrogen-bond donors (Lipinski definition) is 0. The van der Waals surface area contributed by atoms with E-state index in [1.165, 1.54) is 6.21 Å². The molecule has 214 valence electrons. The molecule has 1 unspecified atom stereocenters. The van der Waals surface area contributed by atoms with E-state index in [1.807, 2.05) is 62.8 Å². The molecule has 1 aliphatic heterocycles. The molecular formula is C30H43N3O6. The molecular weight excluding hydrogens is 498 g/mol. The third-order valence-corrected chi connectivity index (χ3v) is 6.51. The predicted molar refractivity (Wildman–Crippen MR) is 151 cm³/mol. The van der Waals surface area contributed by atoms with Crippen LogP contribution in [0, 0.1) is 11.8 Å². The van der Waals surface area contributed by atoms with Gasteiger partial charge >= 0.3 is 18.2 Å². The first kappa shape index (κ1) is 30.2. The number of hydrogen-bond acceptors (Lipinski definition) is 6. The highest BCUT2D eigenvalue weighted by molar-refractivity contribution is 5.95. The minimum Gasteiger partial charge on any atom is -0.465 e. The first-order chi connectivity index (χ1) is 18.2. The molecule has 0 spiro atoms. The summed E-state index contributed by atoms with van der Waals surface area (Å²) in [6, 6.07) is 7.97. The van der Waals surface area contributed by atoms with Gasteiger partial charge in [0.05, 0.1) is 12.5 Å². The van der Waals surface area contributed by atoms with Crippen LogP contribution < -0.4 is 0 Å². The largest absolute Gasteiger partial charge is 0.465 e. The zero-order valence-electron chi connectivity index (χ0n) is 24.4. The molecule has 39 heavy (non-hydrogen) atoms. The van der Waals surface area contributed by atoms with E-state index in [4.69, 9.17) is 14.2 Å². The average molecular weight is 542 g/mol. The van der Waals surface area contributed by atoms with E-state index in [2.05, 4.69) is 4.99 Å². The summed E-state index contributed by atoms with van der Waals surface area (Å²) in [6.07, 6.45) is 5.02. The fourth-order valence-corrected chi connectivity index (χ4v) is 4.63. The number of rotatable bonds is 7. The molecule has 1 saturated heterocycles. The second-order valence-electron chi connectivity index (χ2n) is 12.2. The second-order valence-corrected chi connectivity index (χ2v) is 12.2. The summed E-state index contributed by atoms with van der Waals surface area (Å²) in [6.45, 7) is 12.4. The van der Waals surface area contributed by atoms with E-state index in [0.717, 1.165) is 29.3 Å². The summed E-state index contributed by atoms with van der Waals surface area (Å²) in [4.78, 5) is 43.3. The van der Waals surface area contributed by atoms with Crippen LogP contribution in [0.25, 0.3) is 10.9 Å². The van der Waals surface area contributed by atoms with Crippen molar-refractivity contribution >= 4 is 35.3 Å². The van der Waals surface area contributed by atoms with Gasteiger partial charge in [0.15, 0.2) is 0 Å². The zero-order valence-corrected chi connectivity index (χ0v) is 24.4. The Morgan fingerprint density at radius 1 is 1.03 bits per heavy atom. The van der Waals surface area contributed by atoms with Crippen molar-refractivity contribution in [3.8, 4) is 0 Å². The van der Waals surface area contributed by atoms with Gasteiger partial charge in [0, 0.05) is 43.5 Å². The van der Waals surface area contributed by atoms with Crippen LogP contribution in [-0.4, -0.2) is 64.7 Å². The minimum atomic E-state index is -0.741. The predicted octanol–water partition coefficient (Wildman–Crippen LogP) is 5.92. The van der Waals surface area contributed by atoms with Gasteiger partial charge in [-0.05, 0) is 84.8 Å². The number of ether oxygens (including phenoxy) is 3. The zero-order chi connectivity index (χ0) is 28.8. The smallest absolute Gasteiger partial charge is 0.433 e. The summed E-state index contributed by atoms with van der Waals surface area (Å²) in [5.74, 6) is -0.817. The number of esters is 1. The Labute approximate surface area is 231 Å². The van der Waals surface area contributed by atoms with Gasteiger partial charge in [0.2, 0.25) is 0 Å². The number of aryl methyl sites for hydroxylation is 1. The highest BCUT2D eigenvalue weighted by Gasteiger charge is 2.28. The Balaban J connectivity index is 1.59. The minimum absolute atomic E-state index is 0.266. The first-order valence-electron chi connectivity index (χ1n) is 13.7. The molecule has 0 N–H and O–H groups in total. The molecule has 3 rings (SSSR count). The molecule has 2 heterocycles. The van der Waals surface area contributed by atoms with E-state index in [-0.39, 0.29) is 12.7 Å². The molecule has 1 atom stereocenters. The van der Waals surface area contributed by atoms with Crippen LogP contribution in [-0.2, 0) is 32.5 Å². The molecule has 9 nitrogen and oxygen atoms in total. The number of carbonyl (C=O) groups excluding carboxylic acids is 3. The van der Waals surface area contributed by atoms with Crippen LogP contribution >= 0.6 is 0 Å². The SMILES string of the molecule is Cn1cc(CC(C=NC(=O)OC(C)(C)C)C(=O)OCCC2CCN(C(=O)OC(C)(C)C)CC2)c2ccccc21. The van der Waals surface area contributed by atoms with Crippen LogP contribution in [0.1, 0.15) is 66.4 Å². The van der Waals surface area contributed by atoms with Crippen molar-refractivity contribution in [2.24, 2.45) is 23.9 Å². The van der Waals surface area contributed by atoms with Crippen LogP contribution in [0.2, 0.25) is 0 Å². The van der Waals surface area contributed by atoms with Crippen LogP contribution in [0.4, 0.5) is 9.59 Å². The summed E-state index contributed by atoms with van der Waals surface area (Å²) in [7, 11) is 1.96. The van der Waals surface area contributed by atoms with E-state index < -0.39 is 29.2 Å². The molecule has 0 radical (unpaired) electrons. The third-order valence-electron chi connectivity index (χ3n) is 6.51. The topological polar surface area (TPSA) is 99.4 Å². The normalized spacial score (nSPS) is 15.9. The Morgan fingerprint density at radius 2 is 1.67 bits per heavy atom. The van der Waals surface area contributed by atoms with Gasteiger partial charge in [-0.2, -0.15) is 4.99 Å². The van der Waals surface area contributed by atoms with Gasteiger partial charge < -0.3 is 23.7 Å². The number of piperidine rings is 1. The van der Waals surface area contributed by atoms with E-state index in [1.54, 1.807) is 25.7 Å². The molecule has 2 amide bonds. The van der Waals surface area contributed by atoms with Crippen molar-refractivity contribution in [3.63, 3.8) is 0 Å². The number of likely N-dealkylation sites (tertiary alicyclic amines) is 1. The highest BCUT2D eigenvalue weighted by atomic mass is 16.6. The van der Waals surface area contributed by atoms with Gasteiger partial charge in [-0.3, -0.25) is 4.79 Å². The number of aromatic nitrogens is 1. The fourth-order valence-electron chi connectivity index (χ4n) is 4.63. The highest BCUT2D eigenvalue weighted by Crippen LogP contribution is 2.25. The van der Waals surface area contributed by atoms with Gasteiger partial charge in [-0.1, -0.05) is 18.2 Å². The van der Waals surface area contributed by atoms with Gasteiger partial charge in [0.1, 0.15) is 11.2 Å².